The quantitative estimate of drug-likeness (QED) is 0.909. The fourth-order valence-corrected chi connectivity index (χ4v) is 2.70. The number of hydrogen-bond acceptors (Lipinski definition) is 1. The Morgan fingerprint density at radius 1 is 1.40 bits per heavy atom. The molecule has 80 valence electrons. The average molecular weight is 268 g/mol. The molecule has 15 heavy (non-hydrogen) atoms. The van der Waals surface area contributed by atoms with Crippen molar-refractivity contribution in [2.45, 2.75) is 12.8 Å². The molecular formula is C12H14BrNO. The molecule has 3 heteroatoms. The van der Waals surface area contributed by atoms with E-state index in [4.69, 9.17) is 5.11 Å². The summed E-state index contributed by atoms with van der Waals surface area (Å²) in [4.78, 5) is 0. The molecule has 1 aromatic heterocycles. The van der Waals surface area contributed by atoms with E-state index >= 15 is 0 Å². The van der Waals surface area contributed by atoms with Crippen LogP contribution >= 0.6 is 15.9 Å². The fraction of sp³-hybridized carbons (Fsp3) is 0.333. The number of hydrogen-bond donors (Lipinski definition) is 1. The van der Waals surface area contributed by atoms with E-state index in [1.54, 1.807) is 0 Å². The molecule has 0 bridgehead atoms. The second-order valence-corrected chi connectivity index (χ2v) is 4.58. The van der Waals surface area contributed by atoms with Crippen LogP contribution in [-0.2, 0) is 13.5 Å². The largest absolute Gasteiger partial charge is 0.396 e. The van der Waals surface area contributed by atoms with Gasteiger partial charge < -0.3 is 9.67 Å². The second kappa shape index (κ2) is 4.37. The van der Waals surface area contributed by atoms with Crippen molar-refractivity contribution in [3.8, 4) is 0 Å². The van der Waals surface area contributed by atoms with Gasteiger partial charge in [-0.25, -0.2) is 0 Å². The number of benzene rings is 1. The Bertz CT molecular complexity index is 476. The highest BCUT2D eigenvalue weighted by atomic mass is 79.9. The van der Waals surface area contributed by atoms with E-state index in [2.05, 4.69) is 44.9 Å². The van der Waals surface area contributed by atoms with E-state index in [1.165, 1.54) is 16.5 Å². The van der Waals surface area contributed by atoms with Crippen LogP contribution in [-0.4, -0.2) is 16.3 Å². The monoisotopic (exact) mass is 267 g/mol. The third-order valence-corrected chi connectivity index (χ3v) is 3.26. The molecule has 0 aliphatic carbocycles. The van der Waals surface area contributed by atoms with Crippen LogP contribution in [0, 0.1) is 0 Å². The molecule has 2 rings (SSSR count). The molecule has 0 fully saturated rings. The molecule has 1 N–H and O–H groups in total. The Balaban J connectivity index is 2.54. The summed E-state index contributed by atoms with van der Waals surface area (Å²) in [6.45, 7) is 0.251. The standard InChI is InChI=1S/C12H14BrNO/c1-14-8-10(13)12-9(5-3-7-15)4-2-6-11(12)14/h2,4,6,8,15H,3,5,7H2,1H3. The van der Waals surface area contributed by atoms with Gasteiger partial charge in [0.05, 0.1) is 0 Å². The predicted molar refractivity (Wildman–Crippen MR) is 66.0 cm³/mol. The SMILES string of the molecule is Cn1cc(Br)c2c(CCCO)cccc21. The van der Waals surface area contributed by atoms with Gasteiger partial charge in [0.25, 0.3) is 0 Å². The number of halogens is 1. The fourth-order valence-electron chi connectivity index (χ4n) is 1.94. The lowest BCUT2D eigenvalue weighted by Crippen LogP contribution is -1.91. The molecule has 0 saturated carbocycles. The first-order valence-corrected chi connectivity index (χ1v) is 5.86. The van der Waals surface area contributed by atoms with Crippen LogP contribution in [0.3, 0.4) is 0 Å². The molecule has 0 aliphatic rings. The highest BCUT2D eigenvalue weighted by Crippen LogP contribution is 2.29. The highest BCUT2D eigenvalue weighted by Gasteiger charge is 2.08. The molecule has 0 saturated heterocycles. The maximum atomic E-state index is 8.86. The molecule has 1 aromatic carbocycles. The lowest BCUT2D eigenvalue weighted by atomic mass is 10.1. The van der Waals surface area contributed by atoms with Crippen molar-refractivity contribution in [3.05, 3.63) is 34.4 Å². The van der Waals surface area contributed by atoms with Crippen LogP contribution in [0.5, 0.6) is 0 Å². The summed E-state index contributed by atoms with van der Waals surface area (Å²) >= 11 is 3.58. The maximum absolute atomic E-state index is 8.86. The van der Waals surface area contributed by atoms with Gasteiger partial charge in [-0.05, 0) is 40.4 Å². The molecular weight excluding hydrogens is 254 g/mol. The van der Waals surface area contributed by atoms with Gasteiger partial charge in [-0.2, -0.15) is 0 Å². The zero-order valence-corrected chi connectivity index (χ0v) is 10.3. The first-order chi connectivity index (χ1) is 7.24. The zero-order valence-electron chi connectivity index (χ0n) is 8.70. The van der Waals surface area contributed by atoms with Gasteiger partial charge in [0, 0.05) is 35.2 Å². The van der Waals surface area contributed by atoms with E-state index < -0.39 is 0 Å². The van der Waals surface area contributed by atoms with Crippen LogP contribution in [0.15, 0.2) is 28.9 Å². The summed E-state index contributed by atoms with van der Waals surface area (Å²) in [7, 11) is 2.04. The minimum atomic E-state index is 0.251. The van der Waals surface area contributed by atoms with E-state index in [-0.39, 0.29) is 6.61 Å². The van der Waals surface area contributed by atoms with Gasteiger partial charge in [-0.3, -0.25) is 0 Å². The first kappa shape index (κ1) is 10.7. The number of rotatable bonds is 3. The van der Waals surface area contributed by atoms with E-state index in [1.807, 2.05) is 7.05 Å². The van der Waals surface area contributed by atoms with Crippen molar-refractivity contribution in [1.29, 1.82) is 0 Å². The molecule has 2 aromatic rings. The summed E-state index contributed by atoms with van der Waals surface area (Å²) in [6, 6.07) is 6.31. The van der Waals surface area contributed by atoms with E-state index in [0.717, 1.165) is 17.3 Å². The predicted octanol–water partition coefficient (Wildman–Crippen LogP) is 2.87. The zero-order chi connectivity index (χ0) is 10.8. The Labute approximate surface area is 97.7 Å². The molecule has 1 heterocycles. The lowest BCUT2D eigenvalue weighted by molar-refractivity contribution is 0.289. The van der Waals surface area contributed by atoms with Crippen molar-refractivity contribution in [2.24, 2.45) is 7.05 Å². The van der Waals surface area contributed by atoms with Crippen LogP contribution in [0.2, 0.25) is 0 Å². The van der Waals surface area contributed by atoms with Crippen LogP contribution in [0.25, 0.3) is 10.9 Å². The third kappa shape index (κ3) is 1.94. The number of aromatic nitrogens is 1. The Kier molecular flexibility index (Phi) is 3.12. The number of fused-ring (bicyclic) bond motifs is 1. The van der Waals surface area contributed by atoms with Gasteiger partial charge in [0.1, 0.15) is 0 Å². The van der Waals surface area contributed by atoms with Crippen LogP contribution in [0.4, 0.5) is 0 Å². The smallest absolute Gasteiger partial charge is 0.0492 e. The van der Waals surface area contributed by atoms with Crippen molar-refractivity contribution >= 4 is 26.8 Å². The minimum Gasteiger partial charge on any atom is -0.396 e. The summed E-state index contributed by atoms with van der Waals surface area (Å²) < 4.78 is 3.25. The Hall–Kier alpha value is -0.800. The molecule has 0 aliphatic heterocycles. The van der Waals surface area contributed by atoms with Crippen molar-refractivity contribution in [2.75, 3.05) is 6.61 Å². The van der Waals surface area contributed by atoms with Crippen molar-refractivity contribution in [3.63, 3.8) is 0 Å². The summed E-state index contributed by atoms with van der Waals surface area (Å²) in [5.74, 6) is 0. The summed E-state index contributed by atoms with van der Waals surface area (Å²) in [5, 5.41) is 10.1. The van der Waals surface area contributed by atoms with Gasteiger partial charge in [0.15, 0.2) is 0 Å². The number of nitrogens with zero attached hydrogens (tertiary/aromatic N) is 1. The maximum Gasteiger partial charge on any atom is 0.0492 e. The van der Waals surface area contributed by atoms with Gasteiger partial charge >= 0.3 is 0 Å². The van der Waals surface area contributed by atoms with E-state index in [9.17, 15) is 0 Å². The molecule has 0 radical (unpaired) electrons. The molecule has 2 nitrogen and oxygen atoms in total. The summed E-state index contributed by atoms with van der Waals surface area (Å²) in [6.07, 6.45) is 3.82. The molecule has 0 unspecified atom stereocenters. The highest BCUT2D eigenvalue weighted by molar-refractivity contribution is 9.10. The second-order valence-electron chi connectivity index (χ2n) is 3.73. The average Bonchev–Trinajstić information content (AvgIpc) is 2.53. The molecule has 0 spiro atoms. The van der Waals surface area contributed by atoms with Gasteiger partial charge in [-0.1, -0.05) is 12.1 Å². The number of aliphatic hydroxyl groups excluding tert-OH is 1. The summed E-state index contributed by atoms with van der Waals surface area (Å²) in [5.41, 5.74) is 2.53. The Morgan fingerprint density at radius 3 is 2.93 bits per heavy atom. The normalized spacial score (nSPS) is 11.1. The lowest BCUT2D eigenvalue weighted by Gasteiger charge is -2.03. The van der Waals surface area contributed by atoms with Crippen molar-refractivity contribution in [1.82, 2.24) is 4.57 Å². The Morgan fingerprint density at radius 2 is 2.20 bits per heavy atom. The molecule has 0 atom stereocenters. The van der Waals surface area contributed by atoms with Gasteiger partial charge in [-0.15, -0.1) is 0 Å². The van der Waals surface area contributed by atoms with Crippen molar-refractivity contribution < 1.29 is 5.11 Å². The van der Waals surface area contributed by atoms with Crippen LogP contribution in [0.1, 0.15) is 12.0 Å². The van der Waals surface area contributed by atoms with Gasteiger partial charge in [0.2, 0.25) is 0 Å². The topological polar surface area (TPSA) is 25.2 Å². The molecule has 0 amide bonds. The third-order valence-electron chi connectivity index (χ3n) is 2.66. The minimum absolute atomic E-state index is 0.251. The van der Waals surface area contributed by atoms with E-state index in [0.29, 0.717) is 0 Å². The number of aryl methyl sites for hydroxylation is 2. The first-order valence-electron chi connectivity index (χ1n) is 5.07. The van der Waals surface area contributed by atoms with Crippen LogP contribution < -0.4 is 0 Å². The number of aliphatic hydroxyl groups is 1.